The van der Waals surface area contributed by atoms with Crippen LogP contribution in [-0.2, 0) is 9.47 Å². The summed E-state index contributed by atoms with van der Waals surface area (Å²) < 4.78 is 50.5. The van der Waals surface area contributed by atoms with Gasteiger partial charge in [-0.25, -0.2) is 4.98 Å². The van der Waals surface area contributed by atoms with E-state index in [0.29, 0.717) is 0 Å². The topological polar surface area (TPSA) is 85.8 Å². The first-order valence-corrected chi connectivity index (χ1v) is 6.07. The largest absolute Gasteiger partial charge is 0.398 e. The van der Waals surface area contributed by atoms with Crippen molar-refractivity contribution in [2.24, 2.45) is 5.92 Å². The lowest BCUT2D eigenvalue weighted by Gasteiger charge is -2.26. The predicted octanol–water partition coefficient (Wildman–Crippen LogP) is 0.989. The fourth-order valence-corrected chi connectivity index (χ4v) is 2.67. The van der Waals surface area contributed by atoms with E-state index in [1.165, 1.54) is 12.3 Å². The molecule has 4 atom stereocenters. The molecular weight excluding hydrogens is 299 g/mol. The maximum Gasteiger partial charge on any atom is 0.398 e. The lowest BCUT2D eigenvalue weighted by Crippen LogP contribution is -2.34. The Bertz CT molecular complexity index is 607. The van der Waals surface area contributed by atoms with Gasteiger partial charge < -0.3 is 20.3 Å². The summed E-state index contributed by atoms with van der Waals surface area (Å²) in [5.41, 5.74) is 5.42. The standard InChI is InChI=1S/C10H10F3N3O3S/c11-10(12,13)5-6-9(3-17,18-6)19-7(5)16-2-1-4(14)15-8(16)20/h1-2,5-7,17H,3H2,(H2,14,15,20)/t5?,6-,7-,9?/m1/s1. The van der Waals surface area contributed by atoms with Gasteiger partial charge in [-0.2, -0.15) is 13.2 Å². The highest BCUT2D eigenvalue weighted by Crippen LogP contribution is 2.59. The average molecular weight is 309 g/mol. The van der Waals surface area contributed by atoms with Gasteiger partial charge >= 0.3 is 6.18 Å². The Morgan fingerprint density at radius 1 is 1.50 bits per heavy atom. The summed E-state index contributed by atoms with van der Waals surface area (Å²) >= 11 is 4.90. The lowest BCUT2D eigenvalue weighted by molar-refractivity contribution is -0.237. The van der Waals surface area contributed by atoms with E-state index in [1.807, 2.05) is 0 Å². The first-order chi connectivity index (χ1) is 9.28. The van der Waals surface area contributed by atoms with E-state index in [1.54, 1.807) is 0 Å². The summed E-state index contributed by atoms with van der Waals surface area (Å²) in [7, 11) is 0. The highest BCUT2D eigenvalue weighted by atomic mass is 32.1. The van der Waals surface area contributed by atoms with Crippen LogP contribution in [0.3, 0.4) is 0 Å². The zero-order chi connectivity index (χ0) is 14.7. The minimum atomic E-state index is -4.56. The quantitative estimate of drug-likeness (QED) is 0.626. The van der Waals surface area contributed by atoms with Crippen LogP contribution in [0.2, 0.25) is 0 Å². The lowest BCUT2D eigenvalue weighted by atomic mass is 10.0. The number of aliphatic hydroxyl groups excluding tert-OH is 1. The number of fused-ring (bicyclic) bond motifs is 1. The van der Waals surface area contributed by atoms with Gasteiger partial charge in [0, 0.05) is 6.20 Å². The Morgan fingerprint density at radius 3 is 2.75 bits per heavy atom. The minimum Gasteiger partial charge on any atom is -0.391 e. The maximum absolute atomic E-state index is 13.2. The summed E-state index contributed by atoms with van der Waals surface area (Å²) in [5.74, 6) is -3.42. The number of nitrogen functional groups attached to an aromatic ring is 1. The molecular formula is C10H10F3N3O3S. The number of nitrogens with zero attached hydrogens (tertiary/aromatic N) is 2. The molecule has 0 aliphatic carbocycles. The van der Waals surface area contributed by atoms with E-state index >= 15 is 0 Å². The van der Waals surface area contributed by atoms with Gasteiger partial charge in [0.25, 0.3) is 0 Å². The molecule has 10 heteroatoms. The van der Waals surface area contributed by atoms with Crippen molar-refractivity contribution in [1.29, 1.82) is 0 Å². The SMILES string of the molecule is Nc1ccn([C@@H]2OC3(CO)O[C@@H]3C2C(F)(F)F)c(=S)n1. The van der Waals surface area contributed by atoms with Crippen molar-refractivity contribution in [3.8, 4) is 0 Å². The Balaban J connectivity index is 2.02. The Morgan fingerprint density at radius 2 is 2.20 bits per heavy atom. The van der Waals surface area contributed by atoms with Gasteiger partial charge in [0.05, 0.1) is 0 Å². The summed E-state index contributed by atoms with van der Waals surface area (Å²) in [6.45, 7) is -0.656. The number of hydrogen-bond acceptors (Lipinski definition) is 6. The van der Waals surface area contributed by atoms with Crippen LogP contribution in [-0.4, -0.2) is 39.3 Å². The van der Waals surface area contributed by atoms with Crippen LogP contribution in [0.25, 0.3) is 0 Å². The van der Waals surface area contributed by atoms with Gasteiger partial charge in [0.1, 0.15) is 24.4 Å². The molecule has 0 amide bonds. The third-order valence-corrected chi connectivity index (χ3v) is 3.68. The van der Waals surface area contributed by atoms with Gasteiger partial charge in [-0.05, 0) is 18.3 Å². The number of rotatable bonds is 2. The van der Waals surface area contributed by atoms with E-state index in [2.05, 4.69) is 4.98 Å². The molecule has 2 aliphatic rings. The maximum atomic E-state index is 13.2. The van der Waals surface area contributed by atoms with Crippen molar-refractivity contribution in [1.82, 2.24) is 9.55 Å². The van der Waals surface area contributed by atoms with Crippen LogP contribution in [0.15, 0.2) is 12.3 Å². The number of halogens is 3. The Labute approximate surface area is 115 Å². The Kier molecular flexibility index (Phi) is 2.84. The zero-order valence-electron chi connectivity index (χ0n) is 9.87. The van der Waals surface area contributed by atoms with Crippen molar-refractivity contribution in [2.75, 3.05) is 12.3 Å². The molecule has 1 aromatic rings. The summed E-state index contributed by atoms with van der Waals surface area (Å²) in [6, 6.07) is 1.32. The molecule has 0 aromatic carbocycles. The van der Waals surface area contributed by atoms with Crippen molar-refractivity contribution >= 4 is 18.0 Å². The number of anilines is 1. The van der Waals surface area contributed by atoms with E-state index in [-0.39, 0.29) is 10.6 Å². The van der Waals surface area contributed by atoms with Crippen molar-refractivity contribution in [3.05, 3.63) is 17.0 Å². The van der Waals surface area contributed by atoms with Crippen LogP contribution >= 0.6 is 12.2 Å². The second kappa shape index (κ2) is 4.13. The fraction of sp³-hybridized carbons (Fsp3) is 0.600. The summed E-state index contributed by atoms with van der Waals surface area (Å²) in [5, 5.41) is 9.14. The molecule has 0 saturated carbocycles. The molecule has 2 fully saturated rings. The molecule has 3 rings (SSSR count). The monoisotopic (exact) mass is 309 g/mol. The fourth-order valence-electron chi connectivity index (χ4n) is 2.40. The molecule has 0 spiro atoms. The molecule has 20 heavy (non-hydrogen) atoms. The molecule has 1 aromatic heterocycles. The average Bonchev–Trinajstić information content (AvgIpc) is 2.93. The molecule has 2 aliphatic heterocycles. The summed E-state index contributed by atoms with van der Waals surface area (Å²) in [4.78, 5) is 3.73. The van der Waals surface area contributed by atoms with Gasteiger partial charge in [-0.1, -0.05) is 0 Å². The van der Waals surface area contributed by atoms with Crippen molar-refractivity contribution < 1.29 is 27.8 Å². The first-order valence-electron chi connectivity index (χ1n) is 5.66. The van der Waals surface area contributed by atoms with Crippen LogP contribution in [0, 0.1) is 10.7 Å². The Hall–Kier alpha value is -1.23. The molecule has 0 radical (unpaired) electrons. The highest BCUT2D eigenvalue weighted by molar-refractivity contribution is 7.71. The first kappa shape index (κ1) is 13.7. The summed E-state index contributed by atoms with van der Waals surface area (Å²) in [6.07, 6.45) is -5.94. The highest BCUT2D eigenvalue weighted by Gasteiger charge is 2.76. The van der Waals surface area contributed by atoms with Crippen LogP contribution in [0.5, 0.6) is 0 Å². The number of nitrogens with two attached hydrogens (primary N) is 1. The number of ether oxygens (including phenoxy) is 2. The van der Waals surface area contributed by atoms with Crippen molar-refractivity contribution in [3.63, 3.8) is 0 Å². The smallest absolute Gasteiger partial charge is 0.391 e. The number of aliphatic hydroxyl groups is 1. The second-order valence-corrected chi connectivity index (χ2v) is 4.99. The van der Waals surface area contributed by atoms with Gasteiger partial charge in [-0.15, -0.1) is 0 Å². The molecule has 110 valence electrons. The minimum absolute atomic E-state index is 0.103. The van der Waals surface area contributed by atoms with Gasteiger partial charge in [0.15, 0.2) is 6.23 Å². The molecule has 0 bridgehead atoms. The van der Waals surface area contributed by atoms with Crippen LogP contribution in [0.1, 0.15) is 6.23 Å². The van der Waals surface area contributed by atoms with Gasteiger partial charge in [-0.3, -0.25) is 4.57 Å². The third-order valence-electron chi connectivity index (χ3n) is 3.38. The number of alkyl halides is 3. The van der Waals surface area contributed by atoms with Crippen LogP contribution < -0.4 is 5.73 Å². The molecule has 6 nitrogen and oxygen atoms in total. The van der Waals surface area contributed by atoms with Gasteiger partial charge in [0.2, 0.25) is 10.6 Å². The van der Waals surface area contributed by atoms with Crippen molar-refractivity contribution in [2.45, 2.75) is 24.3 Å². The van der Waals surface area contributed by atoms with E-state index in [9.17, 15) is 13.2 Å². The number of aromatic nitrogens is 2. The molecule has 2 unspecified atom stereocenters. The number of hydrogen-bond donors (Lipinski definition) is 2. The van der Waals surface area contributed by atoms with E-state index in [0.717, 1.165) is 4.57 Å². The van der Waals surface area contributed by atoms with E-state index in [4.69, 9.17) is 32.5 Å². The predicted molar refractivity (Wildman–Crippen MR) is 61.8 cm³/mol. The van der Waals surface area contributed by atoms with Crippen LogP contribution in [0.4, 0.5) is 19.0 Å². The van der Waals surface area contributed by atoms with E-state index < -0.39 is 36.8 Å². The second-order valence-electron chi connectivity index (χ2n) is 4.63. The zero-order valence-corrected chi connectivity index (χ0v) is 10.7. The molecule has 3 heterocycles. The molecule has 3 N–H and O–H groups in total. The molecule has 2 saturated heterocycles. The number of epoxide rings is 1. The normalized spacial score (nSPS) is 35.9. The third kappa shape index (κ3) is 1.91.